The first kappa shape index (κ1) is 15.6. The summed E-state index contributed by atoms with van der Waals surface area (Å²) in [6.45, 7) is 0.398. The third kappa shape index (κ3) is 3.67. The van der Waals surface area contributed by atoms with Gasteiger partial charge in [-0.25, -0.2) is 0 Å². The van der Waals surface area contributed by atoms with E-state index in [1.807, 2.05) is 18.2 Å². The van der Waals surface area contributed by atoms with Crippen molar-refractivity contribution in [3.8, 4) is 0 Å². The lowest BCUT2D eigenvalue weighted by Crippen LogP contribution is -2.27. The van der Waals surface area contributed by atoms with Crippen molar-refractivity contribution in [2.45, 2.75) is 6.54 Å². The highest BCUT2D eigenvalue weighted by Gasteiger charge is 2.17. The SMILES string of the molecule is CN(Cc1ccccc1Cl)C(=O)c1cc(Cl)ccc1NN. The number of nitrogens with one attached hydrogen (secondary N) is 1. The van der Waals surface area contributed by atoms with Crippen molar-refractivity contribution >= 4 is 34.8 Å². The Hall–Kier alpha value is -1.75. The van der Waals surface area contributed by atoms with Crippen molar-refractivity contribution in [1.29, 1.82) is 0 Å². The highest BCUT2D eigenvalue weighted by Crippen LogP contribution is 2.23. The Morgan fingerprint density at radius 1 is 1.24 bits per heavy atom. The Kier molecular flexibility index (Phi) is 5.07. The van der Waals surface area contributed by atoms with Crippen LogP contribution in [-0.4, -0.2) is 17.9 Å². The van der Waals surface area contributed by atoms with Gasteiger partial charge in [0.2, 0.25) is 0 Å². The molecule has 110 valence electrons. The molecule has 0 aliphatic heterocycles. The van der Waals surface area contributed by atoms with E-state index < -0.39 is 0 Å². The molecule has 0 bridgehead atoms. The molecule has 2 rings (SSSR count). The third-order valence-electron chi connectivity index (χ3n) is 3.08. The van der Waals surface area contributed by atoms with Gasteiger partial charge in [0.25, 0.3) is 5.91 Å². The van der Waals surface area contributed by atoms with Crippen LogP contribution >= 0.6 is 23.2 Å². The smallest absolute Gasteiger partial charge is 0.256 e. The van der Waals surface area contributed by atoms with E-state index in [0.29, 0.717) is 27.8 Å². The second-order valence-corrected chi connectivity index (χ2v) is 5.43. The number of nitrogens with two attached hydrogens (primary N) is 1. The van der Waals surface area contributed by atoms with Crippen molar-refractivity contribution in [1.82, 2.24) is 4.90 Å². The molecule has 0 aliphatic rings. The molecule has 0 unspecified atom stereocenters. The summed E-state index contributed by atoms with van der Waals surface area (Å²) in [5, 5.41) is 1.10. The van der Waals surface area contributed by atoms with Gasteiger partial charge in [0.1, 0.15) is 0 Å². The molecule has 0 heterocycles. The van der Waals surface area contributed by atoms with Crippen molar-refractivity contribution < 1.29 is 4.79 Å². The first-order valence-electron chi connectivity index (χ1n) is 6.28. The van der Waals surface area contributed by atoms with Crippen LogP contribution in [0.3, 0.4) is 0 Å². The zero-order valence-corrected chi connectivity index (χ0v) is 12.9. The lowest BCUT2D eigenvalue weighted by atomic mass is 10.1. The number of hydrogen-bond donors (Lipinski definition) is 2. The molecule has 0 aromatic heterocycles. The lowest BCUT2D eigenvalue weighted by molar-refractivity contribution is 0.0786. The topological polar surface area (TPSA) is 58.4 Å². The average Bonchev–Trinajstić information content (AvgIpc) is 2.48. The van der Waals surface area contributed by atoms with Crippen LogP contribution in [-0.2, 0) is 6.54 Å². The van der Waals surface area contributed by atoms with Gasteiger partial charge in [-0.15, -0.1) is 0 Å². The predicted octanol–water partition coefficient (Wildman–Crippen LogP) is 3.55. The van der Waals surface area contributed by atoms with Gasteiger partial charge in [0, 0.05) is 23.6 Å². The molecule has 0 radical (unpaired) electrons. The molecule has 21 heavy (non-hydrogen) atoms. The number of hydrogen-bond acceptors (Lipinski definition) is 3. The summed E-state index contributed by atoms with van der Waals surface area (Å²) in [6, 6.07) is 12.3. The van der Waals surface area contributed by atoms with Gasteiger partial charge in [-0.1, -0.05) is 41.4 Å². The Balaban J connectivity index is 2.24. The predicted molar refractivity (Wildman–Crippen MR) is 86.5 cm³/mol. The number of nitrogens with zero attached hydrogens (tertiary/aromatic N) is 1. The Morgan fingerprint density at radius 2 is 1.95 bits per heavy atom. The number of rotatable bonds is 4. The quantitative estimate of drug-likeness (QED) is 0.668. The van der Waals surface area contributed by atoms with Crippen LogP contribution in [0, 0.1) is 0 Å². The fraction of sp³-hybridized carbons (Fsp3) is 0.133. The molecule has 0 saturated heterocycles. The first-order valence-corrected chi connectivity index (χ1v) is 7.03. The van der Waals surface area contributed by atoms with Crippen molar-refractivity contribution in [3.05, 3.63) is 63.6 Å². The molecule has 3 N–H and O–H groups in total. The van der Waals surface area contributed by atoms with E-state index in [1.165, 1.54) is 0 Å². The van der Waals surface area contributed by atoms with Gasteiger partial charge in [-0.3, -0.25) is 10.6 Å². The van der Waals surface area contributed by atoms with Gasteiger partial charge in [0.15, 0.2) is 0 Å². The Morgan fingerprint density at radius 3 is 2.62 bits per heavy atom. The molecule has 6 heteroatoms. The third-order valence-corrected chi connectivity index (χ3v) is 3.68. The van der Waals surface area contributed by atoms with Crippen LogP contribution in [0.15, 0.2) is 42.5 Å². The minimum Gasteiger partial charge on any atom is -0.337 e. The second-order valence-electron chi connectivity index (χ2n) is 4.59. The fourth-order valence-electron chi connectivity index (χ4n) is 1.98. The van der Waals surface area contributed by atoms with Crippen LogP contribution in [0.1, 0.15) is 15.9 Å². The molecule has 0 fully saturated rings. The molecule has 2 aromatic carbocycles. The molecular formula is C15H15Cl2N3O. The molecule has 4 nitrogen and oxygen atoms in total. The molecule has 0 saturated carbocycles. The van der Waals surface area contributed by atoms with Crippen LogP contribution in [0.25, 0.3) is 0 Å². The van der Waals surface area contributed by atoms with Crippen LogP contribution < -0.4 is 11.3 Å². The molecule has 1 amide bonds. The summed E-state index contributed by atoms with van der Waals surface area (Å²) in [5.74, 6) is 5.24. The monoisotopic (exact) mass is 323 g/mol. The second kappa shape index (κ2) is 6.80. The van der Waals surface area contributed by atoms with Gasteiger partial charge >= 0.3 is 0 Å². The van der Waals surface area contributed by atoms with E-state index in [9.17, 15) is 4.79 Å². The number of nitrogen functional groups attached to an aromatic ring is 1. The summed E-state index contributed by atoms with van der Waals surface area (Å²) in [6.07, 6.45) is 0. The minimum atomic E-state index is -0.189. The standard InChI is InChI=1S/C15H15Cl2N3O/c1-20(9-10-4-2-3-5-13(10)17)15(21)12-8-11(16)6-7-14(12)19-18/h2-8,19H,9,18H2,1H3. The Bertz CT molecular complexity index is 661. The van der Waals surface area contributed by atoms with E-state index in [4.69, 9.17) is 29.0 Å². The number of amides is 1. The maximum absolute atomic E-state index is 12.5. The zero-order chi connectivity index (χ0) is 15.4. The average molecular weight is 324 g/mol. The van der Waals surface area contributed by atoms with Crippen molar-refractivity contribution in [2.75, 3.05) is 12.5 Å². The molecule has 0 atom stereocenters. The van der Waals surface area contributed by atoms with Crippen LogP contribution in [0.2, 0.25) is 10.0 Å². The lowest BCUT2D eigenvalue weighted by Gasteiger charge is -2.19. The maximum atomic E-state index is 12.5. The highest BCUT2D eigenvalue weighted by atomic mass is 35.5. The maximum Gasteiger partial charge on any atom is 0.256 e. The van der Waals surface area contributed by atoms with E-state index in [0.717, 1.165) is 5.56 Å². The van der Waals surface area contributed by atoms with E-state index in [2.05, 4.69) is 5.43 Å². The van der Waals surface area contributed by atoms with E-state index in [1.54, 1.807) is 36.2 Å². The van der Waals surface area contributed by atoms with Crippen molar-refractivity contribution in [3.63, 3.8) is 0 Å². The van der Waals surface area contributed by atoms with Gasteiger partial charge in [0.05, 0.1) is 11.3 Å². The van der Waals surface area contributed by atoms with Gasteiger partial charge in [-0.05, 0) is 29.8 Å². The molecular weight excluding hydrogens is 309 g/mol. The number of anilines is 1. The summed E-state index contributed by atoms with van der Waals surface area (Å²) < 4.78 is 0. The first-order chi connectivity index (χ1) is 10.0. The van der Waals surface area contributed by atoms with Crippen LogP contribution in [0.5, 0.6) is 0 Å². The normalized spacial score (nSPS) is 10.3. The van der Waals surface area contributed by atoms with Crippen LogP contribution in [0.4, 0.5) is 5.69 Å². The van der Waals surface area contributed by atoms with Gasteiger partial charge in [-0.2, -0.15) is 0 Å². The number of carbonyl (C=O) groups is 1. The van der Waals surface area contributed by atoms with Crippen molar-refractivity contribution in [2.24, 2.45) is 5.84 Å². The number of halogens is 2. The summed E-state index contributed by atoms with van der Waals surface area (Å²) >= 11 is 12.1. The largest absolute Gasteiger partial charge is 0.337 e. The van der Waals surface area contributed by atoms with E-state index >= 15 is 0 Å². The zero-order valence-electron chi connectivity index (χ0n) is 11.4. The minimum absolute atomic E-state index is 0.189. The number of hydrazine groups is 1. The summed E-state index contributed by atoms with van der Waals surface area (Å²) in [5.41, 5.74) is 4.32. The summed E-state index contributed by atoms with van der Waals surface area (Å²) in [4.78, 5) is 14.1. The highest BCUT2D eigenvalue weighted by molar-refractivity contribution is 6.31. The molecule has 2 aromatic rings. The number of benzene rings is 2. The fourth-order valence-corrected chi connectivity index (χ4v) is 2.35. The summed E-state index contributed by atoms with van der Waals surface area (Å²) in [7, 11) is 1.70. The van der Waals surface area contributed by atoms with Gasteiger partial charge < -0.3 is 10.3 Å². The number of carbonyl (C=O) groups excluding carboxylic acids is 1. The van der Waals surface area contributed by atoms with E-state index in [-0.39, 0.29) is 5.91 Å². The molecule has 0 spiro atoms. The molecule has 0 aliphatic carbocycles. The Labute approximate surface area is 133 Å².